The molecule has 3 rings (SSSR count). The number of likely N-dealkylation sites (tertiary alicyclic amines) is 1. The first-order valence-electron chi connectivity index (χ1n) is 7.72. The number of carbonyl (C=O) groups is 1. The molecule has 0 spiro atoms. The van der Waals surface area contributed by atoms with Crippen molar-refractivity contribution in [3.05, 3.63) is 42.3 Å². The van der Waals surface area contributed by atoms with E-state index >= 15 is 0 Å². The summed E-state index contributed by atoms with van der Waals surface area (Å²) >= 11 is 0. The molecule has 5 heteroatoms. The molecule has 1 aromatic carbocycles. The fraction of sp³-hybridized carbons (Fsp3) is 0.412. The zero-order valence-electron chi connectivity index (χ0n) is 12.8. The third-order valence-corrected chi connectivity index (χ3v) is 4.04. The van der Waals surface area contributed by atoms with Crippen molar-refractivity contribution in [2.45, 2.75) is 12.8 Å². The van der Waals surface area contributed by atoms with Gasteiger partial charge >= 0.3 is 0 Å². The number of nitrogens with one attached hydrogen (secondary N) is 1. The predicted octanol–water partition coefficient (Wildman–Crippen LogP) is 2.41. The Morgan fingerprint density at radius 3 is 3.00 bits per heavy atom. The van der Waals surface area contributed by atoms with Crippen LogP contribution in [0, 0.1) is 5.92 Å². The number of piperidine rings is 1. The van der Waals surface area contributed by atoms with Gasteiger partial charge < -0.3 is 14.6 Å². The molecule has 116 valence electrons. The highest BCUT2D eigenvalue weighted by Gasteiger charge is 2.26. The van der Waals surface area contributed by atoms with Crippen LogP contribution in [0.3, 0.4) is 0 Å². The molecule has 1 N–H and O–H groups in total. The van der Waals surface area contributed by atoms with E-state index in [0.29, 0.717) is 17.5 Å². The molecule has 0 bridgehead atoms. The van der Waals surface area contributed by atoms with Gasteiger partial charge in [-0.3, -0.25) is 4.79 Å². The Morgan fingerprint density at radius 1 is 1.41 bits per heavy atom. The molecule has 22 heavy (non-hydrogen) atoms. The summed E-state index contributed by atoms with van der Waals surface area (Å²) in [6, 6.07) is 9.63. The maximum absolute atomic E-state index is 12.6. The minimum atomic E-state index is -0.0354. The number of hydrogen-bond acceptors (Lipinski definition) is 4. The van der Waals surface area contributed by atoms with Crippen molar-refractivity contribution in [1.82, 2.24) is 15.2 Å². The van der Waals surface area contributed by atoms with Gasteiger partial charge in [-0.25, -0.2) is 4.98 Å². The molecule has 1 atom stereocenters. The zero-order valence-corrected chi connectivity index (χ0v) is 12.8. The summed E-state index contributed by atoms with van der Waals surface area (Å²) in [6.07, 6.45) is 3.67. The molecule has 2 heterocycles. The monoisotopic (exact) mass is 299 g/mol. The first-order chi connectivity index (χ1) is 10.8. The number of nitrogens with zero attached hydrogens (tertiary/aromatic N) is 2. The van der Waals surface area contributed by atoms with Gasteiger partial charge in [0.1, 0.15) is 6.26 Å². The summed E-state index contributed by atoms with van der Waals surface area (Å²) in [7, 11) is 1.95. The number of hydrogen-bond donors (Lipinski definition) is 1. The summed E-state index contributed by atoms with van der Waals surface area (Å²) in [4.78, 5) is 18.8. The summed E-state index contributed by atoms with van der Waals surface area (Å²) in [6.45, 7) is 2.53. The van der Waals surface area contributed by atoms with E-state index in [2.05, 4.69) is 10.3 Å². The molecule has 1 aliphatic rings. The molecule has 1 aliphatic heterocycles. The van der Waals surface area contributed by atoms with Crippen molar-refractivity contribution in [2.75, 3.05) is 26.7 Å². The van der Waals surface area contributed by atoms with Gasteiger partial charge in [-0.05, 0) is 44.5 Å². The Morgan fingerprint density at radius 2 is 2.23 bits per heavy atom. The van der Waals surface area contributed by atoms with E-state index in [1.165, 1.54) is 12.7 Å². The van der Waals surface area contributed by atoms with Crippen molar-refractivity contribution in [2.24, 2.45) is 5.92 Å². The molecule has 1 unspecified atom stereocenters. The highest BCUT2D eigenvalue weighted by molar-refractivity contribution is 5.92. The Kier molecular flexibility index (Phi) is 4.53. The normalized spacial score (nSPS) is 18.4. The molecule has 1 amide bonds. The van der Waals surface area contributed by atoms with Gasteiger partial charge in [0, 0.05) is 18.7 Å². The number of oxazole rings is 1. The quantitative estimate of drug-likeness (QED) is 0.942. The van der Waals surface area contributed by atoms with Gasteiger partial charge in [0.2, 0.25) is 5.89 Å². The van der Waals surface area contributed by atoms with E-state index in [1.807, 2.05) is 42.3 Å². The van der Waals surface area contributed by atoms with Crippen LogP contribution >= 0.6 is 0 Å². The average Bonchev–Trinajstić information content (AvgIpc) is 3.05. The van der Waals surface area contributed by atoms with Gasteiger partial charge in [-0.2, -0.15) is 0 Å². The Bertz CT molecular complexity index is 622. The Labute approximate surface area is 130 Å². The second-order valence-electron chi connectivity index (χ2n) is 5.72. The predicted molar refractivity (Wildman–Crippen MR) is 84.5 cm³/mol. The first-order valence-corrected chi connectivity index (χ1v) is 7.72. The molecule has 0 radical (unpaired) electrons. The van der Waals surface area contributed by atoms with E-state index in [-0.39, 0.29) is 5.91 Å². The number of rotatable bonds is 4. The third-order valence-electron chi connectivity index (χ3n) is 4.04. The first kappa shape index (κ1) is 14.8. The van der Waals surface area contributed by atoms with Gasteiger partial charge in [0.25, 0.3) is 5.91 Å². The largest absolute Gasteiger partial charge is 0.444 e. The van der Waals surface area contributed by atoms with E-state index in [4.69, 9.17) is 4.42 Å². The highest BCUT2D eigenvalue weighted by Crippen LogP contribution is 2.21. The number of aromatic nitrogens is 1. The maximum atomic E-state index is 12.6. The smallest absolute Gasteiger partial charge is 0.275 e. The molecule has 0 saturated carbocycles. The standard InChI is InChI=1S/C17H21N3O2/c1-18-10-13-6-5-9-20(11-13)17(21)15-12-22-16(19-15)14-7-3-2-4-8-14/h2-4,7-8,12-13,18H,5-6,9-11H2,1H3. The lowest BCUT2D eigenvalue weighted by Gasteiger charge is -2.32. The average molecular weight is 299 g/mol. The van der Waals surface area contributed by atoms with Crippen LogP contribution in [0.15, 0.2) is 41.0 Å². The van der Waals surface area contributed by atoms with E-state index < -0.39 is 0 Å². The van der Waals surface area contributed by atoms with Crippen LogP contribution in [0.4, 0.5) is 0 Å². The van der Waals surface area contributed by atoms with Crippen LogP contribution in [0.2, 0.25) is 0 Å². The summed E-state index contributed by atoms with van der Waals surface area (Å²) in [5.74, 6) is 0.975. The second kappa shape index (κ2) is 6.75. The van der Waals surface area contributed by atoms with Crippen LogP contribution in [-0.4, -0.2) is 42.5 Å². The van der Waals surface area contributed by atoms with Crippen LogP contribution < -0.4 is 5.32 Å². The number of amides is 1. The van der Waals surface area contributed by atoms with E-state index in [1.54, 1.807) is 0 Å². The van der Waals surface area contributed by atoms with E-state index in [0.717, 1.165) is 31.6 Å². The van der Waals surface area contributed by atoms with Crippen LogP contribution in [-0.2, 0) is 0 Å². The number of carbonyl (C=O) groups excluding carboxylic acids is 1. The molecule has 0 aliphatic carbocycles. The molecule has 1 aromatic heterocycles. The third kappa shape index (κ3) is 3.20. The summed E-state index contributed by atoms with van der Waals surface area (Å²) in [5, 5.41) is 3.19. The van der Waals surface area contributed by atoms with Crippen LogP contribution in [0.5, 0.6) is 0 Å². The van der Waals surface area contributed by atoms with Gasteiger partial charge in [0.15, 0.2) is 5.69 Å². The zero-order chi connectivity index (χ0) is 15.4. The number of benzene rings is 1. The minimum Gasteiger partial charge on any atom is -0.444 e. The fourth-order valence-corrected chi connectivity index (χ4v) is 2.95. The minimum absolute atomic E-state index is 0.0354. The molecular formula is C17H21N3O2. The second-order valence-corrected chi connectivity index (χ2v) is 5.72. The Hall–Kier alpha value is -2.14. The van der Waals surface area contributed by atoms with Crippen molar-refractivity contribution >= 4 is 5.91 Å². The van der Waals surface area contributed by atoms with Crippen molar-refractivity contribution in [1.29, 1.82) is 0 Å². The lowest BCUT2D eigenvalue weighted by Crippen LogP contribution is -2.42. The Balaban J connectivity index is 1.71. The van der Waals surface area contributed by atoms with Crippen LogP contribution in [0.25, 0.3) is 11.5 Å². The van der Waals surface area contributed by atoms with Gasteiger partial charge in [0.05, 0.1) is 0 Å². The summed E-state index contributed by atoms with van der Waals surface area (Å²) in [5.41, 5.74) is 1.28. The maximum Gasteiger partial charge on any atom is 0.275 e. The van der Waals surface area contributed by atoms with E-state index in [9.17, 15) is 4.79 Å². The lowest BCUT2D eigenvalue weighted by molar-refractivity contribution is 0.0668. The topological polar surface area (TPSA) is 58.4 Å². The van der Waals surface area contributed by atoms with Crippen molar-refractivity contribution in [3.8, 4) is 11.5 Å². The lowest BCUT2D eigenvalue weighted by atomic mass is 9.98. The molecule has 1 saturated heterocycles. The summed E-state index contributed by atoms with van der Waals surface area (Å²) < 4.78 is 5.47. The van der Waals surface area contributed by atoms with Gasteiger partial charge in [-0.15, -0.1) is 0 Å². The van der Waals surface area contributed by atoms with Crippen LogP contribution in [0.1, 0.15) is 23.3 Å². The fourth-order valence-electron chi connectivity index (χ4n) is 2.95. The van der Waals surface area contributed by atoms with Crippen molar-refractivity contribution < 1.29 is 9.21 Å². The molecule has 5 nitrogen and oxygen atoms in total. The molecular weight excluding hydrogens is 278 g/mol. The molecule has 1 fully saturated rings. The highest BCUT2D eigenvalue weighted by atomic mass is 16.3. The van der Waals surface area contributed by atoms with Gasteiger partial charge in [-0.1, -0.05) is 18.2 Å². The SMILES string of the molecule is CNCC1CCCN(C(=O)c2coc(-c3ccccc3)n2)C1. The molecule has 2 aromatic rings. The van der Waals surface area contributed by atoms with Crippen molar-refractivity contribution in [3.63, 3.8) is 0 Å².